The second-order valence-corrected chi connectivity index (χ2v) is 7.36. The van der Waals surface area contributed by atoms with E-state index in [-0.39, 0.29) is 22.7 Å². The van der Waals surface area contributed by atoms with Crippen LogP contribution in [0.3, 0.4) is 0 Å². The van der Waals surface area contributed by atoms with Gasteiger partial charge in [0.15, 0.2) is 11.1 Å². The molecular formula is C18H21N5O4S. The number of methoxy groups -OCH3 is 1. The molecule has 0 unspecified atom stereocenters. The van der Waals surface area contributed by atoms with Gasteiger partial charge in [0, 0.05) is 24.3 Å². The Hall–Kier alpha value is -3.14. The van der Waals surface area contributed by atoms with Crippen molar-refractivity contribution in [1.29, 1.82) is 5.41 Å². The van der Waals surface area contributed by atoms with Gasteiger partial charge in [-0.1, -0.05) is 23.5 Å². The van der Waals surface area contributed by atoms with Gasteiger partial charge in [-0.15, -0.1) is 0 Å². The number of nitrogens with two attached hydrogens (primary N) is 1. The number of nitrogens with zero attached hydrogens (tertiary/aromatic N) is 2. The number of rotatable bonds is 5. The molecule has 0 saturated carbocycles. The minimum absolute atomic E-state index is 0.124. The molecule has 2 aromatic rings. The van der Waals surface area contributed by atoms with E-state index in [1.54, 1.807) is 24.3 Å². The largest absolute Gasteiger partial charge is 0.477 e. The van der Waals surface area contributed by atoms with Crippen LogP contribution in [0, 0.1) is 11.3 Å². The van der Waals surface area contributed by atoms with Crippen LogP contribution in [-0.4, -0.2) is 48.2 Å². The Bertz CT molecular complexity index is 888. The van der Waals surface area contributed by atoms with Crippen molar-refractivity contribution in [3.05, 3.63) is 29.1 Å². The number of piperidine rings is 1. The van der Waals surface area contributed by atoms with E-state index in [9.17, 15) is 14.7 Å². The van der Waals surface area contributed by atoms with Crippen LogP contribution in [-0.2, 0) is 9.53 Å². The molecule has 9 nitrogen and oxygen atoms in total. The number of carboxylic acid groups (broad SMARTS) is 1. The summed E-state index contributed by atoms with van der Waals surface area (Å²) in [7, 11) is 1.39. The summed E-state index contributed by atoms with van der Waals surface area (Å²) in [5.41, 5.74) is 7.01. The van der Waals surface area contributed by atoms with Gasteiger partial charge in [0.1, 0.15) is 4.88 Å². The number of aromatic carboxylic acids is 1. The van der Waals surface area contributed by atoms with E-state index in [0.29, 0.717) is 48.0 Å². The molecule has 10 heteroatoms. The molecule has 0 spiro atoms. The summed E-state index contributed by atoms with van der Waals surface area (Å²) >= 11 is 1.13. The number of aromatic nitrogens is 1. The third-order valence-corrected chi connectivity index (χ3v) is 5.65. The summed E-state index contributed by atoms with van der Waals surface area (Å²) < 4.78 is 4.80. The van der Waals surface area contributed by atoms with E-state index in [1.165, 1.54) is 7.11 Å². The van der Waals surface area contributed by atoms with Gasteiger partial charge in [0.05, 0.1) is 18.7 Å². The van der Waals surface area contributed by atoms with E-state index >= 15 is 0 Å². The molecule has 0 radical (unpaired) electrons. The number of ether oxygens (including phenoxy) is 1. The summed E-state index contributed by atoms with van der Waals surface area (Å²) in [5.74, 6) is -1.54. The van der Waals surface area contributed by atoms with Crippen molar-refractivity contribution >= 4 is 40.1 Å². The predicted octanol–water partition coefficient (Wildman–Crippen LogP) is 2.20. The fraction of sp³-hybridized carbons (Fsp3) is 0.333. The van der Waals surface area contributed by atoms with Gasteiger partial charge < -0.3 is 25.8 Å². The standard InChI is InChI=1S/C18H21N5O4S/c1-27-16(26)11-6-8-23(9-7-11)18-22-13(14(28-18)15(24)25)10-2-4-12(5-3-10)21-17(19)20/h2-5,11H,6-9H2,1H3,(H,24,25)(H4,19,20,21). The third kappa shape index (κ3) is 4.22. The summed E-state index contributed by atoms with van der Waals surface area (Å²) in [6.45, 7) is 1.24. The van der Waals surface area contributed by atoms with Crippen LogP contribution >= 0.6 is 11.3 Å². The van der Waals surface area contributed by atoms with Crippen molar-refractivity contribution in [2.75, 3.05) is 30.4 Å². The number of thiazole rings is 1. The molecule has 3 rings (SSSR count). The smallest absolute Gasteiger partial charge is 0.348 e. The minimum Gasteiger partial charge on any atom is -0.477 e. The molecule has 2 heterocycles. The molecule has 1 fully saturated rings. The molecule has 1 aromatic heterocycles. The number of hydrogen-bond acceptors (Lipinski definition) is 7. The normalized spacial score (nSPS) is 14.5. The first-order chi connectivity index (χ1) is 13.4. The summed E-state index contributed by atoms with van der Waals surface area (Å²) in [6.07, 6.45) is 1.30. The van der Waals surface area contributed by atoms with Gasteiger partial charge in [-0.3, -0.25) is 10.2 Å². The van der Waals surface area contributed by atoms with E-state index in [0.717, 1.165) is 11.3 Å². The van der Waals surface area contributed by atoms with Gasteiger partial charge in [-0.2, -0.15) is 0 Å². The number of guanidine groups is 1. The van der Waals surface area contributed by atoms with E-state index in [4.69, 9.17) is 15.9 Å². The van der Waals surface area contributed by atoms with Crippen LogP contribution in [0.15, 0.2) is 24.3 Å². The van der Waals surface area contributed by atoms with Crippen LogP contribution in [0.1, 0.15) is 22.5 Å². The maximum atomic E-state index is 11.7. The highest BCUT2D eigenvalue weighted by Gasteiger charge is 2.28. The first-order valence-corrected chi connectivity index (χ1v) is 9.49. The molecule has 1 saturated heterocycles. The van der Waals surface area contributed by atoms with Crippen LogP contribution in [0.2, 0.25) is 0 Å². The van der Waals surface area contributed by atoms with Crippen molar-refractivity contribution in [3.8, 4) is 11.3 Å². The quantitative estimate of drug-likeness (QED) is 0.338. The van der Waals surface area contributed by atoms with Crippen molar-refractivity contribution in [1.82, 2.24) is 4.98 Å². The molecule has 1 aliphatic rings. The highest BCUT2D eigenvalue weighted by molar-refractivity contribution is 7.17. The lowest BCUT2D eigenvalue weighted by Gasteiger charge is -2.30. The molecule has 0 aliphatic carbocycles. The van der Waals surface area contributed by atoms with Crippen LogP contribution in [0.4, 0.5) is 10.8 Å². The molecule has 1 aromatic carbocycles. The Balaban J connectivity index is 1.82. The van der Waals surface area contributed by atoms with E-state index in [1.807, 2.05) is 4.90 Å². The number of anilines is 2. The summed E-state index contributed by atoms with van der Waals surface area (Å²) in [6, 6.07) is 6.90. The molecule has 0 amide bonds. The van der Waals surface area contributed by atoms with Crippen molar-refractivity contribution < 1.29 is 19.4 Å². The Morgan fingerprint density at radius 1 is 1.32 bits per heavy atom. The Kier molecular flexibility index (Phi) is 5.78. The average Bonchev–Trinajstić information content (AvgIpc) is 3.13. The SMILES string of the molecule is COC(=O)C1CCN(c2nc(-c3ccc(NC(=N)N)cc3)c(C(=O)O)s2)CC1. The molecule has 5 N–H and O–H groups in total. The fourth-order valence-corrected chi connectivity index (χ4v) is 4.10. The van der Waals surface area contributed by atoms with Crippen molar-refractivity contribution in [2.45, 2.75) is 12.8 Å². The minimum atomic E-state index is -1.03. The summed E-state index contributed by atoms with van der Waals surface area (Å²) in [5, 5.41) is 20.1. The average molecular weight is 403 g/mol. The lowest BCUT2D eigenvalue weighted by Crippen LogP contribution is -2.36. The number of esters is 1. The van der Waals surface area contributed by atoms with Gasteiger partial charge in [0.2, 0.25) is 0 Å². The highest BCUT2D eigenvalue weighted by Crippen LogP contribution is 2.35. The molecule has 0 atom stereocenters. The van der Waals surface area contributed by atoms with Crippen molar-refractivity contribution in [3.63, 3.8) is 0 Å². The number of benzene rings is 1. The molecule has 28 heavy (non-hydrogen) atoms. The Labute approximate surface area is 165 Å². The maximum Gasteiger partial charge on any atom is 0.348 e. The van der Waals surface area contributed by atoms with Crippen LogP contribution in [0.25, 0.3) is 11.3 Å². The van der Waals surface area contributed by atoms with Gasteiger partial charge in [0.25, 0.3) is 0 Å². The number of nitrogens with one attached hydrogen (secondary N) is 2. The van der Waals surface area contributed by atoms with Crippen LogP contribution in [0.5, 0.6) is 0 Å². The summed E-state index contributed by atoms with van der Waals surface area (Å²) in [4.78, 5) is 30.1. The van der Waals surface area contributed by atoms with E-state index < -0.39 is 5.97 Å². The molecular weight excluding hydrogens is 382 g/mol. The van der Waals surface area contributed by atoms with Gasteiger partial charge in [-0.05, 0) is 25.0 Å². The maximum absolute atomic E-state index is 11.7. The third-order valence-electron chi connectivity index (χ3n) is 4.55. The lowest BCUT2D eigenvalue weighted by atomic mass is 9.97. The number of carbonyl (C=O) groups excluding carboxylic acids is 1. The molecule has 148 valence electrons. The van der Waals surface area contributed by atoms with Crippen molar-refractivity contribution in [2.24, 2.45) is 11.7 Å². The fourth-order valence-electron chi connectivity index (χ4n) is 3.12. The highest BCUT2D eigenvalue weighted by atomic mass is 32.1. The number of hydrogen-bond donors (Lipinski definition) is 4. The zero-order valence-corrected chi connectivity index (χ0v) is 16.1. The van der Waals surface area contributed by atoms with Gasteiger partial charge >= 0.3 is 11.9 Å². The first-order valence-electron chi connectivity index (χ1n) is 8.67. The molecule has 0 bridgehead atoms. The van der Waals surface area contributed by atoms with Gasteiger partial charge in [-0.25, -0.2) is 9.78 Å². The van der Waals surface area contributed by atoms with Crippen LogP contribution < -0.4 is 16.0 Å². The topological polar surface area (TPSA) is 142 Å². The lowest BCUT2D eigenvalue weighted by molar-refractivity contribution is -0.146. The zero-order valence-electron chi connectivity index (χ0n) is 15.3. The zero-order chi connectivity index (χ0) is 20.3. The second-order valence-electron chi connectivity index (χ2n) is 6.38. The number of carbonyl (C=O) groups is 2. The second kappa shape index (κ2) is 8.26. The number of carboxylic acids is 1. The van der Waals surface area contributed by atoms with E-state index in [2.05, 4.69) is 10.3 Å². The first kappa shape index (κ1) is 19.6. The molecule has 1 aliphatic heterocycles. The predicted molar refractivity (Wildman–Crippen MR) is 107 cm³/mol. The Morgan fingerprint density at radius 3 is 2.50 bits per heavy atom. The monoisotopic (exact) mass is 403 g/mol. The Morgan fingerprint density at radius 2 is 1.96 bits per heavy atom.